The highest BCUT2D eigenvalue weighted by Gasteiger charge is 2.35. The Morgan fingerprint density at radius 1 is 0.833 bits per heavy atom. The van der Waals surface area contributed by atoms with Crippen molar-refractivity contribution in [2.24, 2.45) is 0 Å². The number of hydrogen-bond donors (Lipinski definition) is 1. The summed E-state index contributed by atoms with van der Waals surface area (Å²) in [6.45, 7) is -0.876. The molecule has 0 saturated carbocycles. The van der Waals surface area contributed by atoms with E-state index in [0.29, 0.717) is 10.6 Å². The third-order valence-electron chi connectivity index (χ3n) is 6.59. The Labute approximate surface area is 254 Å². The Morgan fingerprint density at radius 2 is 1.45 bits per heavy atom. The molecule has 0 bridgehead atoms. The van der Waals surface area contributed by atoms with Crippen molar-refractivity contribution in [1.29, 1.82) is 0 Å². The lowest BCUT2D eigenvalue weighted by atomic mass is 10.0. The zero-order valence-corrected chi connectivity index (χ0v) is 24.9. The highest BCUT2D eigenvalue weighted by Crippen LogP contribution is 2.28. The van der Waals surface area contributed by atoms with Crippen molar-refractivity contribution < 1.29 is 22.4 Å². The first kappa shape index (κ1) is 31.0. The summed E-state index contributed by atoms with van der Waals surface area (Å²) in [4.78, 5) is 28.6. The van der Waals surface area contributed by atoms with Crippen LogP contribution >= 0.6 is 23.2 Å². The highest BCUT2D eigenvalue weighted by molar-refractivity contribution is 7.92. The van der Waals surface area contributed by atoms with Crippen molar-refractivity contribution >= 4 is 50.7 Å². The first-order chi connectivity index (χ1) is 20.1. The molecule has 0 fully saturated rings. The molecule has 7 nitrogen and oxygen atoms in total. The van der Waals surface area contributed by atoms with E-state index in [1.165, 1.54) is 54.4 Å². The van der Waals surface area contributed by atoms with Gasteiger partial charge in [0.15, 0.2) is 0 Å². The molecule has 0 saturated heterocycles. The molecule has 0 unspecified atom stereocenters. The summed E-state index contributed by atoms with van der Waals surface area (Å²) in [6, 6.07) is 25.6. The predicted molar refractivity (Wildman–Crippen MR) is 162 cm³/mol. The summed E-state index contributed by atoms with van der Waals surface area (Å²) in [5.41, 5.74) is 1.03. The van der Waals surface area contributed by atoms with Crippen LogP contribution in [0.2, 0.25) is 10.0 Å². The quantitative estimate of drug-likeness (QED) is 0.231. The fourth-order valence-corrected chi connectivity index (χ4v) is 6.21. The van der Waals surface area contributed by atoms with Crippen LogP contribution in [0, 0.1) is 5.82 Å². The van der Waals surface area contributed by atoms with Gasteiger partial charge >= 0.3 is 0 Å². The Kier molecular flexibility index (Phi) is 10.2. The number of nitrogens with one attached hydrogen (secondary N) is 1. The van der Waals surface area contributed by atoms with E-state index in [1.54, 1.807) is 24.3 Å². The third-order valence-corrected chi connectivity index (χ3v) is 9.10. The monoisotopic (exact) mass is 627 g/mol. The number of amides is 2. The molecule has 4 rings (SSSR count). The summed E-state index contributed by atoms with van der Waals surface area (Å²) in [5.74, 6) is -2.02. The Bertz CT molecular complexity index is 1660. The topological polar surface area (TPSA) is 86.8 Å². The lowest BCUT2D eigenvalue weighted by molar-refractivity contribution is -0.139. The first-order valence-electron chi connectivity index (χ1n) is 12.9. The zero-order chi connectivity index (χ0) is 30.3. The number of carbonyl (C=O) groups excluding carboxylic acids is 2. The van der Waals surface area contributed by atoms with Crippen molar-refractivity contribution in [2.45, 2.75) is 23.9 Å². The number of halogens is 3. The summed E-state index contributed by atoms with van der Waals surface area (Å²) < 4.78 is 43.4. The summed E-state index contributed by atoms with van der Waals surface area (Å²) >= 11 is 12.3. The van der Waals surface area contributed by atoms with Gasteiger partial charge in [-0.05, 0) is 47.5 Å². The van der Waals surface area contributed by atoms with Crippen molar-refractivity contribution in [3.8, 4) is 0 Å². The molecule has 4 aromatic carbocycles. The van der Waals surface area contributed by atoms with Crippen LogP contribution in [0.3, 0.4) is 0 Å². The van der Waals surface area contributed by atoms with E-state index in [9.17, 15) is 18.0 Å². The van der Waals surface area contributed by atoms with Gasteiger partial charge in [0, 0.05) is 20.0 Å². The molecule has 0 heterocycles. The molecule has 0 aromatic heterocycles. The van der Waals surface area contributed by atoms with Gasteiger partial charge in [0.25, 0.3) is 10.0 Å². The van der Waals surface area contributed by atoms with E-state index in [1.807, 2.05) is 30.3 Å². The van der Waals surface area contributed by atoms with Crippen LogP contribution in [0.15, 0.2) is 108 Å². The van der Waals surface area contributed by atoms with Crippen LogP contribution in [-0.4, -0.2) is 44.8 Å². The largest absolute Gasteiger partial charge is 0.357 e. The number of rotatable bonds is 11. The molecular weight excluding hydrogens is 600 g/mol. The minimum atomic E-state index is -4.39. The average molecular weight is 629 g/mol. The van der Waals surface area contributed by atoms with Gasteiger partial charge in [-0.1, -0.05) is 89.9 Å². The second-order valence-electron chi connectivity index (χ2n) is 9.37. The van der Waals surface area contributed by atoms with Gasteiger partial charge in [0.05, 0.1) is 20.6 Å². The summed E-state index contributed by atoms with van der Waals surface area (Å²) in [6.07, 6.45) is 0.138. The number of sulfonamides is 1. The van der Waals surface area contributed by atoms with Gasteiger partial charge in [0.1, 0.15) is 18.4 Å². The van der Waals surface area contributed by atoms with Gasteiger partial charge in [-0.15, -0.1) is 0 Å². The summed E-state index contributed by atoms with van der Waals surface area (Å²) in [5, 5.41) is 3.17. The number of anilines is 1. The maximum absolute atomic E-state index is 15.1. The van der Waals surface area contributed by atoms with E-state index in [2.05, 4.69) is 5.32 Å². The summed E-state index contributed by atoms with van der Waals surface area (Å²) in [7, 11) is -2.94. The SMILES string of the molecule is CNC(=O)[C@H](Cc1ccccc1)N(Cc1ccc(Cl)c(Cl)c1)C(=O)CN(c1ccccc1F)S(=O)(=O)c1ccccc1. The van der Waals surface area contributed by atoms with Crippen LogP contribution in [0.1, 0.15) is 11.1 Å². The standard InChI is InChI=1S/C31H28Cl2FN3O4S/c1-35-31(39)29(19-22-10-4-2-5-11-22)36(20-23-16-17-25(32)26(33)18-23)30(38)21-37(28-15-9-8-14-27(28)34)42(40,41)24-12-6-3-7-13-24/h2-18,29H,19-21H2,1H3,(H,35,39)/t29-/m0/s1. The lowest BCUT2D eigenvalue weighted by Crippen LogP contribution is -2.53. The lowest BCUT2D eigenvalue weighted by Gasteiger charge is -2.33. The van der Waals surface area contributed by atoms with E-state index in [4.69, 9.17) is 23.2 Å². The van der Waals surface area contributed by atoms with E-state index in [0.717, 1.165) is 15.9 Å². The molecule has 42 heavy (non-hydrogen) atoms. The van der Waals surface area contributed by atoms with Gasteiger partial charge in [-0.2, -0.15) is 0 Å². The molecule has 0 aliphatic rings. The smallest absolute Gasteiger partial charge is 0.264 e. The van der Waals surface area contributed by atoms with Gasteiger partial charge in [-0.25, -0.2) is 12.8 Å². The second kappa shape index (κ2) is 13.8. The molecule has 0 radical (unpaired) electrons. The van der Waals surface area contributed by atoms with Crippen molar-refractivity contribution in [3.05, 3.63) is 130 Å². The fraction of sp³-hybridized carbons (Fsp3) is 0.161. The van der Waals surface area contributed by atoms with Crippen LogP contribution < -0.4 is 9.62 Å². The predicted octanol–water partition coefficient (Wildman–Crippen LogP) is 5.71. The molecule has 0 aliphatic carbocycles. The highest BCUT2D eigenvalue weighted by atomic mass is 35.5. The number of nitrogens with zero attached hydrogens (tertiary/aromatic N) is 2. The normalized spacial score (nSPS) is 11.9. The minimum Gasteiger partial charge on any atom is -0.357 e. The van der Waals surface area contributed by atoms with E-state index in [-0.39, 0.29) is 28.6 Å². The minimum absolute atomic E-state index is 0.100. The van der Waals surface area contributed by atoms with Gasteiger partial charge in [0.2, 0.25) is 11.8 Å². The van der Waals surface area contributed by atoms with Gasteiger partial charge in [-0.3, -0.25) is 13.9 Å². The van der Waals surface area contributed by atoms with E-state index < -0.39 is 40.2 Å². The Balaban J connectivity index is 1.80. The molecule has 1 N–H and O–H groups in total. The number of likely N-dealkylation sites (N-methyl/N-ethyl adjacent to an activating group) is 1. The van der Waals surface area contributed by atoms with Crippen molar-refractivity contribution in [2.75, 3.05) is 17.9 Å². The van der Waals surface area contributed by atoms with Crippen LogP contribution in [0.4, 0.5) is 10.1 Å². The van der Waals surface area contributed by atoms with Crippen LogP contribution in [0.25, 0.3) is 0 Å². The second-order valence-corrected chi connectivity index (χ2v) is 12.0. The molecule has 2 amide bonds. The maximum atomic E-state index is 15.1. The van der Waals surface area contributed by atoms with Crippen molar-refractivity contribution in [1.82, 2.24) is 10.2 Å². The molecule has 0 aliphatic heterocycles. The van der Waals surface area contributed by atoms with Crippen LogP contribution in [-0.2, 0) is 32.6 Å². The number of hydrogen-bond acceptors (Lipinski definition) is 4. The average Bonchev–Trinajstić information content (AvgIpc) is 3.00. The third kappa shape index (κ3) is 7.28. The molecule has 1 atom stereocenters. The van der Waals surface area contributed by atoms with E-state index >= 15 is 4.39 Å². The molecule has 0 spiro atoms. The fourth-order valence-electron chi connectivity index (χ4n) is 4.44. The van der Waals surface area contributed by atoms with Gasteiger partial charge < -0.3 is 10.2 Å². The molecule has 4 aromatic rings. The maximum Gasteiger partial charge on any atom is 0.264 e. The number of carbonyl (C=O) groups is 2. The Morgan fingerprint density at radius 3 is 2.07 bits per heavy atom. The number of para-hydroxylation sites is 1. The van der Waals surface area contributed by atoms with Crippen molar-refractivity contribution in [3.63, 3.8) is 0 Å². The Hall–Kier alpha value is -3.92. The van der Waals surface area contributed by atoms with Crippen LogP contribution in [0.5, 0.6) is 0 Å². The molecule has 218 valence electrons. The molecular formula is C31H28Cl2FN3O4S. The first-order valence-corrected chi connectivity index (χ1v) is 15.1. The molecule has 11 heteroatoms. The zero-order valence-electron chi connectivity index (χ0n) is 22.6. The number of benzene rings is 4.